The van der Waals surface area contributed by atoms with E-state index < -0.39 is 0 Å². The van der Waals surface area contributed by atoms with Crippen molar-refractivity contribution < 1.29 is 4.74 Å². The van der Waals surface area contributed by atoms with Crippen molar-refractivity contribution in [3.8, 4) is 5.88 Å². The van der Waals surface area contributed by atoms with Gasteiger partial charge in [0, 0.05) is 18.7 Å². The third-order valence-electron chi connectivity index (χ3n) is 2.67. The molecule has 1 rings (SSSR count). The fourth-order valence-corrected chi connectivity index (χ4v) is 1.60. The Morgan fingerprint density at radius 3 is 2.62 bits per heavy atom. The van der Waals surface area contributed by atoms with Crippen molar-refractivity contribution >= 4 is 11.8 Å². The Hall–Kier alpha value is -1.52. The van der Waals surface area contributed by atoms with E-state index in [1.807, 2.05) is 6.07 Å². The van der Waals surface area contributed by atoms with Gasteiger partial charge in [0.05, 0.1) is 7.11 Å². The molecule has 1 heterocycles. The molecule has 0 aliphatic rings. The maximum Gasteiger partial charge on any atom is 0.225 e. The van der Waals surface area contributed by atoms with Crippen LogP contribution in [0.3, 0.4) is 0 Å². The zero-order chi connectivity index (χ0) is 12.1. The molecule has 16 heavy (non-hydrogen) atoms. The quantitative estimate of drug-likeness (QED) is 0.824. The zero-order valence-corrected chi connectivity index (χ0v) is 10.4. The minimum atomic E-state index is 0.246. The Bertz CT molecular complexity index is 343. The van der Waals surface area contributed by atoms with Gasteiger partial charge in [0.15, 0.2) is 0 Å². The fraction of sp³-hybridized carbons (Fsp3) is 0.636. The molecule has 0 radical (unpaired) electrons. The van der Waals surface area contributed by atoms with Crippen LogP contribution >= 0.6 is 0 Å². The number of anilines is 2. The molecule has 0 aliphatic carbocycles. The van der Waals surface area contributed by atoms with Gasteiger partial charge in [-0.15, -0.1) is 0 Å². The predicted octanol–water partition coefficient (Wildman–Crippen LogP) is 1.69. The van der Waals surface area contributed by atoms with Crippen LogP contribution in [-0.4, -0.2) is 29.7 Å². The van der Waals surface area contributed by atoms with Crippen LogP contribution in [0.1, 0.15) is 27.2 Å². The van der Waals surface area contributed by atoms with E-state index in [0.717, 1.165) is 18.8 Å². The molecule has 1 aromatic heterocycles. The first kappa shape index (κ1) is 12.5. The molecule has 0 aromatic carbocycles. The van der Waals surface area contributed by atoms with Crippen molar-refractivity contribution in [3.05, 3.63) is 6.07 Å². The van der Waals surface area contributed by atoms with E-state index in [1.54, 1.807) is 7.11 Å². The number of hydrogen-bond acceptors (Lipinski definition) is 5. The topological polar surface area (TPSA) is 64.3 Å². The molecule has 1 atom stereocenters. The molecule has 90 valence electrons. The molecule has 0 spiro atoms. The number of rotatable bonds is 5. The highest BCUT2D eigenvalue weighted by molar-refractivity contribution is 5.46. The first-order valence-corrected chi connectivity index (χ1v) is 5.57. The summed E-state index contributed by atoms with van der Waals surface area (Å²) in [5.41, 5.74) is 5.64. The number of ether oxygens (including phenoxy) is 1. The molecule has 0 saturated heterocycles. The highest BCUT2D eigenvalue weighted by Gasteiger charge is 2.14. The summed E-state index contributed by atoms with van der Waals surface area (Å²) in [5, 5.41) is 0. The van der Waals surface area contributed by atoms with E-state index in [-0.39, 0.29) is 5.95 Å². The molecule has 0 bridgehead atoms. The van der Waals surface area contributed by atoms with Gasteiger partial charge in [-0.05, 0) is 20.3 Å². The second-order valence-corrected chi connectivity index (χ2v) is 3.67. The van der Waals surface area contributed by atoms with E-state index in [0.29, 0.717) is 11.9 Å². The Labute approximate surface area is 96.6 Å². The zero-order valence-electron chi connectivity index (χ0n) is 10.4. The van der Waals surface area contributed by atoms with Crippen molar-refractivity contribution in [1.29, 1.82) is 0 Å². The minimum absolute atomic E-state index is 0.246. The van der Waals surface area contributed by atoms with Crippen LogP contribution in [0.15, 0.2) is 6.07 Å². The van der Waals surface area contributed by atoms with E-state index in [9.17, 15) is 0 Å². The molecule has 1 aromatic rings. The van der Waals surface area contributed by atoms with Crippen molar-refractivity contribution in [2.75, 3.05) is 24.3 Å². The van der Waals surface area contributed by atoms with E-state index in [4.69, 9.17) is 10.5 Å². The number of nitrogen functional groups attached to an aromatic ring is 1. The first-order valence-electron chi connectivity index (χ1n) is 5.57. The number of methoxy groups -OCH3 is 1. The lowest BCUT2D eigenvalue weighted by Gasteiger charge is -2.28. The summed E-state index contributed by atoms with van der Waals surface area (Å²) in [6.07, 6.45) is 1.06. The Morgan fingerprint density at radius 1 is 1.44 bits per heavy atom. The van der Waals surface area contributed by atoms with E-state index in [2.05, 4.69) is 35.6 Å². The summed E-state index contributed by atoms with van der Waals surface area (Å²) in [7, 11) is 1.57. The fourth-order valence-electron chi connectivity index (χ4n) is 1.60. The Kier molecular flexibility index (Phi) is 4.34. The molecule has 1 unspecified atom stereocenters. The van der Waals surface area contributed by atoms with Gasteiger partial charge >= 0.3 is 0 Å². The lowest BCUT2D eigenvalue weighted by atomic mass is 10.2. The second kappa shape index (κ2) is 5.53. The Morgan fingerprint density at radius 2 is 2.12 bits per heavy atom. The number of nitrogens with zero attached hydrogens (tertiary/aromatic N) is 3. The number of aromatic nitrogens is 2. The molecular weight excluding hydrogens is 204 g/mol. The van der Waals surface area contributed by atoms with Gasteiger partial charge in [-0.3, -0.25) is 0 Å². The van der Waals surface area contributed by atoms with Gasteiger partial charge in [-0.25, -0.2) is 0 Å². The van der Waals surface area contributed by atoms with Crippen molar-refractivity contribution in [2.45, 2.75) is 33.2 Å². The van der Waals surface area contributed by atoms with Crippen LogP contribution in [0.25, 0.3) is 0 Å². The highest BCUT2D eigenvalue weighted by atomic mass is 16.5. The van der Waals surface area contributed by atoms with Crippen LogP contribution in [0, 0.1) is 0 Å². The molecule has 5 nitrogen and oxygen atoms in total. The summed E-state index contributed by atoms with van der Waals surface area (Å²) in [6, 6.07) is 2.23. The molecule has 0 saturated carbocycles. The van der Waals surface area contributed by atoms with Crippen LogP contribution in [-0.2, 0) is 0 Å². The van der Waals surface area contributed by atoms with Crippen LogP contribution in [0.2, 0.25) is 0 Å². The van der Waals surface area contributed by atoms with Crippen LogP contribution in [0.4, 0.5) is 11.8 Å². The third kappa shape index (κ3) is 2.74. The van der Waals surface area contributed by atoms with Crippen molar-refractivity contribution in [1.82, 2.24) is 9.97 Å². The monoisotopic (exact) mass is 224 g/mol. The molecule has 0 fully saturated rings. The van der Waals surface area contributed by atoms with Gasteiger partial charge in [0.1, 0.15) is 5.82 Å². The molecular formula is C11H20N4O. The molecule has 0 aliphatic heterocycles. The van der Waals surface area contributed by atoms with E-state index in [1.165, 1.54) is 0 Å². The maximum absolute atomic E-state index is 5.64. The average Bonchev–Trinajstić information content (AvgIpc) is 2.29. The second-order valence-electron chi connectivity index (χ2n) is 3.67. The number of nitrogens with two attached hydrogens (primary N) is 1. The summed E-state index contributed by atoms with van der Waals surface area (Å²) in [5.74, 6) is 1.57. The molecule has 5 heteroatoms. The number of hydrogen-bond donors (Lipinski definition) is 1. The largest absolute Gasteiger partial charge is 0.481 e. The van der Waals surface area contributed by atoms with Gasteiger partial charge in [0.2, 0.25) is 11.8 Å². The summed E-state index contributed by atoms with van der Waals surface area (Å²) < 4.78 is 5.09. The summed E-state index contributed by atoms with van der Waals surface area (Å²) in [4.78, 5) is 10.4. The lowest BCUT2D eigenvalue weighted by molar-refractivity contribution is 0.397. The van der Waals surface area contributed by atoms with Gasteiger partial charge in [-0.2, -0.15) is 9.97 Å². The van der Waals surface area contributed by atoms with E-state index >= 15 is 0 Å². The molecule has 2 N–H and O–H groups in total. The smallest absolute Gasteiger partial charge is 0.225 e. The highest BCUT2D eigenvalue weighted by Crippen LogP contribution is 2.20. The van der Waals surface area contributed by atoms with Gasteiger partial charge in [0.25, 0.3) is 0 Å². The SMILES string of the molecule is CCC(C)N(CC)c1cc(OC)nc(N)n1. The Balaban J connectivity index is 3.04. The summed E-state index contributed by atoms with van der Waals surface area (Å²) in [6.45, 7) is 7.29. The van der Waals surface area contributed by atoms with Crippen molar-refractivity contribution in [2.24, 2.45) is 0 Å². The summed E-state index contributed by atoms with van der Waals surface area (Å²) >= 11 is 0. The average molecular weight is 224 g/mol. The van der Waals surface area contributed by atoms with Crippen molar-refractivity contribution in [3.63, 3.8) is 0 Å². The standard InChI is InChI=1S/C11H20N4O/c1-5-8(3)15(6-2)9-7-10(16-4)14-11(12)13-9/h7-8H,5-6H2,1-4H3,(H2,12,13,14). The third-order valence-corrected chi connectivity index (χ3v) is 2.67. The first-order chi connectivity index (χ1) is 7.62. The minimum Gasteiger partial charge on any atom is -0.481 e. The maximum atomic E-state index is 5.64. The van der Waals surface area contributed by atoms with Gasteiger partial charge < -0.3 is 15.4 Å². The normalized spacial score (nSPS) is 12.2. The predicted molar refractivity (Wildman–Crippen MR) is 65.8 cm³/mol. The molecule has 0 amide bonds. The lowest BCUT2D eigenvalue weighted by Crippen LogP contribution is -2.33. The van der Waals surface area contributed by atoms with Crippen LogP contribution < -0.4 is 15.4 Å². The van der Waals surface area contributed by atoms with Gasteiger partial charge in [-0.1, -0.05) is 6.92 Å². The van der Waals surface area contributed by atoms with Crippen LogP contribution in [0.5, 0.6) is 5.88 Å².